The minimum Gasteiger partial charge on any atom is -0.492 e. The Labute approximate surface area is 464 Å². The lowest BCUT2D eigenvalue weighted by Gasteiger charge is -2.50. The molecule has 7 rings (SSSR count). The average molecular weight is 1120 g/mol. The summed E-state index contributed by atoms with van der Waals surface area (Å²) in [7, 11) is 8.22. The largest absolute Gasteiger partial charge is 0.492 e. The number of benzene rings is 1. The van der Waals surface area contributed by atoms with Crippen LogP contribution >= 0.6 is 0 Å². The molecule has 4 aliphatic heterocycles. The van der Waals surface area contributed by atoms with E-state index in [2.05, 4.69) is 5.32 Å². The second-order valence-electron chi connectivity index (χ2n) is 23.9. The van der Waals surface area contributed by atoms with Crippen LogP contribution in [-0.4, -0.2) is 198 Å². The first-order valence-electron chi connectivity index (χ1n) is 28.0. The number of carbonyl (C=O) groups excluding carboxylic acids is 2. The van der Waals surface area contributed by atoms with E-state index < -0.39 is 119 Å². The van der Waals surface area contributed by atoms with Gasteiger partial charge in [0.1, 0.15) is 40.9 Å². The summed E-state index contributed by atoms with van der Waals surface area (Å²) >= 11 is 0. The van der Waals surface area contributed by atoms with Crippen molar-refractivity contribution in [1.82, 2.24) is 14.8 Å². The number of cyclic esters (lactones) is 1. The third kappa shape index (κ3) is 13.5. The van der Waals surface area contributed by atoms with Crippen LogP contribution in [0.25, 0.3) is 10.9 Å². The molecule has 0 radical (unpaired) electrons. The zero-order valence-corrected chi connectivity index (χ0v) is 49.2. The number of likely N-dealkylation sites (N-methyl/N-ethyl adjacent to an activating group) is 1. The molecular weight excluding hydrogens is 1030 g/mol. The van der Waals surface area contributed by atoms with Crippen LogP contribution in [0.2, 0.25) is 0 Å². The van der Waals surface area contributed by atoms with Gasteiger partial charge in [-0.25, -0.2) is 9.18 Å². The number of carboxylic acid groups (broad SMARTS) is 1. The fourth-order valence-corrected chi connectivity index (χ4v) is 12.4. The summed E-state index contributed by atoms with van der Waals surface area (Å²) in [6.45, 7) is 21.0. The molecule has 5 heterocycles. The zero-order chi connectivity index (χ0) is 59.0. The van der Waals surface area contributed by atoms with Crippen LogP contribution in [0.4, 0.5) is 10.1 Å². The van der Waals surface area contributed by atoms with Crippen LogP contribution < -0.4 is 20.4 Å². The number of piperazine rings is 1. The van der Waals surface area contributed by atoms with E-state index in [1.807, 2.05) is 44.7 Å². The van der Waals surface area contributed by atoms with Crippen LogP contribution in [0.1, 0.15) is 131 Å². The number of rotatable bonds is 12. The second kappa shape index (κ2) is 25.7. The molecule has 21 nitrogen and oxygen atoms in total. The lowest BCUT2D eigenvalue weighted by Crippen LogP contribution is -2.61. The summed E-state index contributed by atoms with van der Waals surface area (Å²) in [5, 5.41) is 58.3. The van der Waals surface area contributed by atoms with Crippen molar-refractivity contribution in [2.45, 2.75) is 211 Å². The Balaban J connectivity index is 0.000000309. The summed E-state index contributed by atoms with van der Waals surface area (Å²) in [5.74, 6) is -6.06. The number of nitrogens with zero attached hydrogens (tertiary/aromatic N) is 3. The minimum absolute atomic E-state index is 0.0445. The molecular formula is C57H91FN4O17. The number of aromatic nitrogens is 1. The van der Waals surface area contributed by atoms with Crippen molar-refractivity contribution in [3.63, 3.8) is 0 Å². The van der Waals surface area contributed by atoms with E-state index in [1.165, 1.54) is 34.4 Å². The van der Waals surface area contributed by atoms with Gasteiger partial charge in [-0.3, -0.25) is 14.4 Å². The van der Waals surface area contributed by atoms with Crippen LogP contribution in [0.3, 0.4) is 0 Å². The molecule has 448 valence electrons. The zero-order valence-electron chi connectivity index (χ0n) is 49.2. The highest BCUT2D eigenvalue weighted by Crippen LogP contribution is 2.45. The topological polar surface area (TPSA) is 267 Å². The van der Waals surface area contributed by atoms with Crippen molar-refractivity contribution in [3.05, 3.63) is 33.9 Å². The Hall–Kier alpha value is -3.91. The Morgan fingerprint density at radius 3 is 2.11 bits per heavy atom. The summed E-state index contributed by atoms with van der Waals surface area (Å²) in [5.41, 5.74) is -4.48. The molecule has 1 saturated carbocycles. The van der Waals surface area contributed by atoms with Crippen molar-refractivity contribution in [2.24, 2.45) is 23.7 Å². The number of aromatic carboxylic acids is 1. The minimum atomic E-state index is -1.96. The smallest absolute Gasteiger partial charge is 0.341 e. The van der Waals surface area contributed by atoms with Crippen molar-refractivity contribution < 1.29 is 82.2 Å². The molecule has 79 heavy (non-hydrogen) atoms. The number of aliphatic hydroxyl groups excluding tert-OH is 3. The Kier molecular flexibility index (Phi) is 20.9. The quantitative estimate of drug-likeness (QED) is 0.161. The standard InChI is InChI=1S/C38H69NO13.C19H22FN3O4/c1-15-26-38(10,45)31(42)21(4)28(40)19(2)17-37(9,47-14)33(52-35-29(41)25(39(11)12)16-20(3)48-35)22(5)30(23(6)34(44)50-26)51-27-18-36(8,46-13)32(43)24(7)49-27;1-10-8-22(6-5-21-10)16-14(20)7-12-15(18(16)27-2)23(11-3-4-11)9-13(17(12)24)19(25)26/h19-27,29-33,35,41-43,45H,15-18H2,1-14H3;7,9-11,21H,3-6,8H2,1-2H3,(H,25,26)/t19-,20-,21+,22+,23-,24+,25+,26-,27+,29-,30+,31-,32+,33-,35+,36-,37-,38-;/m1./s1. The highest BCUT2D eigenvalue weighted by molar-refractivity contribution is 5.97. The number of hydrogen-bond donors (Lipinski definition) is 6. The molecule has 0 bridgehead atoms. The summed E-state index contributed by atoms with van der Waals surface area (Å²) < 4.78 is 66.3. The number of anilines is 1. The van der Waals surface area contributed by atoms with Gasteiger partial charge in [0.2, 0.25) is 5.43 Å². The molecule has 4 saturated heterocycles. The van der Waals surface area contributed by atoms with E-state index in [-0.39, 0.29) is 60.2 Å². The third-order valence-corrected chi connectivity index (χ3v) is 17.5. The van der Waals surface area contributed by atoms with Gasteiger partial charge in [0.15, 0.2) is 24.1 Å². The molecule has 0 spiro atoms. The number of halogens is 1. The van der Waals surface area contributed by atoms with Crippen LogP contribution in [0.15, 0.2) is 17.1 Å². The number of carbonyl (C=O) groups is 3. The molecule has 1 aliphatic carbocycles. The maximum absolute atomic E-state index is 15.1. The van der Waals surface area contributed by atoms with Gasteiger partial charge in [0, 0.05) is 82.4 Å². The van der Waals surface area contributed by atoms with Gasteiger partial charge >= 0.3 is 11.9 Å². The molecule has 2 aromatic rings. The SMILES string of the molecule is CC[C@H]1OC(=O)[C@H](C)[C@@H](O[C@H]2C[C@@](C)(OC)[C@@H](O)[C@H](C)O2)[C@H](C)[C@@H](O[C@@H]2O[C@H](C)C[C@H](N(C)C)[C@H]2O)[C@](C)(OC)C[C@@H](C)C(=O)[C@H](C)[C@@H](O)[C@]1(C)O.COc1c(N2CCNC(C)C2)c(F)cc2c(=O)c(C(=O)O)cn(C3CC3)c12. The molecule has 22 heteroatoms. The number of ketones is 1. The number of aliphatic hydroxyl groups is 4. The number of ether oxygens (including phenoxy) is 8. The molecule has 1 aromatic heterocycles. The van der Waals surface area contributed by atoms with Gasteiger partial charge in [-0.1, -0.05) is 27.7 Å². The maximum atomic E-state index is 15.1. The number of fused-ring (bicyclic) bond motifs is 1. The predicted octanol–water partition coefficient (Wildman–Crippen LogP) is 4.42. The van der Waals surface area contributed by atoms with Crippen molar-refractivity contribution in [3.8, 4) is 5.75 Å². The number of carboxylic acids is 1. The number of nitrogens with one attached hydrogen (secondary N) is 1. The first-order valence-corrected chi connectivity index (χ1v) is 28.0. The number of methoxy groups -OCH3 is 3. The van der Waals surface area contributed by atoms with Gasteiger partial charge in [-0.15, -0.1) is 0 Å². The number of esters is 1. The van der Waals surface area contributed by atoms with Crippen molar-refractivity contribution >= 4 is 34.3 Å². The number of Topliss-reactive ketones (excluding diaryl/α,β-unsaturated/α-hetero) is 1. The number of pyridine rings is 1. The van der Waals surface area contributed by atoms with Crippen LogP contribution in [0, 0.1) is 29.5 Å². The molecule has 1 aromatic carbocycles. The van der Waals surface area contributed by atoms with Crippen LogP contribution in [-0.2, 0) is 42.7 Å². The summed E-state index contributed by atoms with van der Waals surface area (Å²) in [6, 6.07) is 1.17. The van der Waals surface area contributed by atoms with Crippen LogP contribution in [0.5, 0.6) is 5.75 Å². The van der Waals surface area contributed by atoms with E-state index in [1.54, 1.807) is 53.0 Å². The first kappa shape index (κ1) is 64.3. The fourth-order valence-electron chi connectivity index (χ4n) is 12.4. The van der Waals surface area contributed by atoms with Gasteiger partial charge < -0.3 is 83.1 Å². The van der Waals surface area contributed by atoms with Crippen molar-refractivity contribution in [2.75, 3.05) is 60.0 Å². The predicted molar refractivity (Wildman–Crippen MR) is 291 cm³/mol. The monoisotopic (exact) mass is 1120 g/mol. The Morgan fingerprint density at radius 1 is 0.911 bits per heavy atom. The van der Waals surface area contributed by atoms with Gasteiger partial charge in [-0.2, -0.15) is 0 Å². The Bertz CT molecular complexity index is 2510. The molecule has 1 unspecified atom stereocenters. The molecule has 5 fully saturated rings. The maximum Gasteiger partial charge on any atom is 0.341 e. The van der Waals surface area contributed by atoms with E-state index in [0.717, 1.165) is 25.5 Å². The fraction of sp³-hybridized carbons (Fsp3) is 0.789. The highest BCUT2D eigenvalue weighted by atomic mass is 19.1. The van der Waals surface area contributed by atoms with Gasteiger partial charge in [0.05, 0.1) is 65.7 Å². The average Bonchev–Trinajstić information content (AvgIpc) is 4.31. The van der Waals surface area contributed by atoms with Gasteiger partial charge in [0.25, 0.3) is 0 Å². The first-order chi connectivity index (χ1) is 36.9. The molecule has 0 amide bonds. The summed E-state index contributed by atoms with van der Waals surface area (Å²) in [4.78, 5) is 56.2. The van der Waals surface area contributed by atoms with Gasteiger partial charge in [-0.05, 0) is 101 Å². The second-order valence-corrected chi connectivity index (χ2v) is 23.9. The van der Waals surface area contributed by atoms with E-state index in [9.17, 15) is 44.7 Å². The normalized spacial score (nSPS) is 39.1. The molecule has 5 aliphatic rings. The lowest BCUT2D eigenvalue weighted by atomic mass is 9.74. The summed E-state index contributed by atoms with van der Waals surface area (Å²) in [6.07, 6.45) is -5.59. The van der Waals surface area contributed by atoms with E-state index in [4.69, 9.17) is 37.9 Å². The van der Waals surface area contributed by atoms with E-state index in [0.29, 0.717) is 36.5 Å². The van der Waals surface area contributed by atoms with Crippen molar-refractivity contribution in [1.29, 1.82) is 0 Å². The molecule has 19 atom stereocenters. The highest BCUT2D eigenvalue weighted by Gasteiger charge is 2.54. The third-order valence-electron chi connectivity index (χ3n) is 17.5. The number of hydrogen-bond acceptors (Lipinski definition) is 19. The molecule has 6 N–H and O–H groups in total. The lowest BCUT2D eigenvalue weighted by molar-refractivity contribution is -0.319. The Morgan fingerprint density at radius 2 is 1.56 bits per heavy atom. The van der Waals surface area contributed by atoms with E-state index >= 15 is 4.39 Å².